The standard InChI is InChI=1S/C24H18BrF2NO2/c1-2-29-23-12-18(10-19(14-28)17-4-3-5-21(27)11-17)22(25)13-24(23)30-15-16-6-8-20(26)9-7-16/h3-13H,2,15H2,1H3/b19-10-. The number of ether oxygens (including phenoxy) is 2. The Bertz CT molecular complexity index is 1110. The van der Waals surface area contributed by atoms with Gasteiger partial charge < -0.3 is 9.47 Å². The molecule has 3 aromatic carbocycles. The van der Waals surface area contributed by atoms with Gasteiger partial charge in [-0.1, -0.05) is 40.2 Å². The Labute approximate surface area is 182 Å². The van der Waals surface area contributed by atoms with E-state index in [0.717, 1.165) is 5.56 Å². The maximum absolute atomic E-state index is 13.5. The molecule has 0 atom stereocenters. The molecule has 0 spiro atoms. The van der Waals surface area contributed by atoms with E-state index in [0.29, 0.717) is 39.3 Å². The zero-order chi connectivity index (χ0) is 21.5. The lowest BCUT2D eigenvalue weighted by molar-refractivity contribution is 0.269. The van der Waals surface area contributed by atoms with Gasteiger partial charge >= 0.3 is 0 Å². The third kappa shape index (κ3) is 5.46. The highest BCUT2D eigenvalue weighted by molar-refractivity contribution is 9.10. The predicted molar refractivity (Wildman–Crippen MR) is 116 cm³/mol. The fraction of sp³-hybridized carbons (Fsp3) is 0.125. The highest BCUT2D eigenvalue weighted by Crippen LogP contribution is 2.36. The molecule has 0 aromatic heterocycles. The summed E-state index contributed by atoms with van der Waals surface area (Å²) < 4.78 is 38.9. The lowest BCUT2D eigenvalue weighted by Gasteiger charge is -2.14. The lowest BCUT2D eigenvalue weighted by Crippen LogP contribution is -2.00. The van der Waals surface area contributed by atoms with Crippen LogP contribution in [0.2, 0.25) is 0 Å². The van der Waals surface area contributed by atoms with E-state index in [2.05, 4.69) is 22.0 Å². The number of nitriles is 1. The molecule has 152 valence electrons. The van der Waals surface area contributed by atoms with Crippen LogP contribution in [0.5, 0.6) is 11.5 Å². The van der Waals surface area contributed by atoms with Crippen LogP contribution >= 0.6 is 15.9 Å². The smallest absolute Gasteiger partial charge is 0.162 e. The summed E-state index contributed by atoms with van der Waals surface area (Å²) >= 11 is 3.50. The minimum absolute atomic E-state index is 0.245. The molecule has 0 aliphatic heterocycles. The molecule has 0 N–H and O–H groups in total. The van der Waals surface area contributed by atoms with Crippen LogP contribution in [-0.2, 0) is 6.61 Å². The second-order valence-electron chi connectivity index (χ2n) is 6.35. The number of halogens is 3. The summed E-state index contributed by atoms with van der Waals surface area (Å²) in [7, 11) is 0. The lowest BCUT2D eigenvalue weighted by atomic mass is 10.0. The van der Waals surface area contributed by atoms with Crippen LogP contribution in [0.25, 0.3) is 11.6 Å². The van der Waals surface area contributed by atoms with Crippen LogP contribution in [0.15, 0.2) is 65.1 Å². The minimum Gasteiger partial charge on any atom is -0.490 e. The Morgan fingerprint density at radius 3 is 2.40 bits per heavy atom. The quantitative estimate of drug-likeness (QED) is 0.283. The van der Waals surface area contributed by atoms with Crippen LogP contribution in [0.4, 0.5) is 8.78 Å². The van der Waals surface area contributed by atoms with Crippen molar-refractivity contribution in [1.82, 2.24) is 0 Å². The molecule has 3 rings (SSSR count). The van der Waals surface area contributed by atoms with Gasteiger partial charge in [-0.2, -0.15) is 5.26 Å². The van der Waals surface area contributed by atoms with Gasteiger partial charge in [-0.05, 0) is 66.1 Å². The van der Waals surface area contributed by atoms with Crippen LogP contribution in [0.3, 0.4) is 0 Å². The molecular formula is C24H18BrF2NO2. The van der Waals surface area contributed by atoms with Gasteiger partial charge in [0.2, 0.25) is 0 Å². The van der Waals surface area contributed by atoms with E-state index < -0.39 is 5.82 Å². The van der Waals surface area contributed by atoms with Crippen molar-refractivity contribution in [3.8, 4) is 17.6 Å². The first-order valence-electron chi connectivity index (χ1n) is 9.21. The van der Waals surface area contributed by atoms with E-state index in [9.17, 15) is 14.0 Å². The molecule has 0 heterocycles. The second kappa shape index (κ2) is 10.0. The summed E-state index contributed by atoms with van der Waals surface area (Å²) in [5.41, 5.74) is 2.31. The number of rotatable bonds is 7. The number of hydrogen-bond donors (Lipinski definition) is 0. The normalized spacial score (nSPS) is 11.1. The molecule has 0 saturated carbocycles. The largest absolute Gasteiger partial charge is 0.490 e. The first-order valence-corrected chi connectivity index (χ1v) is 10.0. The van der Waals surface area contributed by atoms with Crippen molar-refractivity contribution < 1.29 is 18.3 Å². The molecule has 0 aliphatic rings. The number of benzene rings is 3. The number of allylic oxidation sites excluding steroid dienone is 1. The van der Waals surface area contributed by atoms with Gasteiger partial charge in [0.05, 0.1) is 18.2 Å². The van der Waals surface area contributed by atoms with Crippen molar-refractivity contribution in [2.45, 2.75) is 13.5 Å². The molecule has 3 aromatic rings. The molecule has 0 bridgehead atoms. The third-order valence-electron chi connectivity index (χ3n) is 4.23. The topological polar surface area (TPSA) is 42.2 Å². The SMILES string of the molecule is CCOc1cc(/C=C(/C#N)c2cccc(F)c2)c(Br)cc1OCc1ccc(F)cc1. The van der Waals surface area contributed by atoms with Crippen molar-refractivity contribution in [3.05, 3.63) is 93.5 Å². The monoisotopic (exact) mass is 469 g/mol. The molecule has 0 unspecified atom stereocenters. The fourth-order valence-corrected chi connectivity index (χ4v) is 3.21. The van der Waals surface area contributed by atoms with Crippen LogP contribution in [-0.4, -0.2) is 6.61 Å². The van der Waals surface area contributed by atoms with Gasteiger partial charge in [-0.25, -0.2) is 8.78 Å². The molecule has 0 aliphatic carbocycles. The Balaban J connectivity index is 1.92. The van der Waals surface area contributed by atoms with E-state index in [1.54, 1.807) is 42.5 Å². The van der Waals surface area contributed by atoms with E-state index in [1.165, 1.54) is 24.3 Å². The van der Waals surface area contributed by atoms with E-state index >= 15 is 0 Å². The van der Waals surface area contributed by atoms with Crippen molar-refractivity contribution in [2.75, 3.05) is 6.61 Å². The first-order chi connectivity index (χ1) is 14.5. The summed E-state index contributed by atoms with van der Waals surface area (Å²) in [6.45, 7) is 2.52. The maximum atomic E-state index is 13.5. The van der Waals surface area contributed by atoms with E-state index in [4.69, 9.17) is 9.47 Å². The molecule has 0 fully saturated rings. The Kier molecular flexibility index (Phi) is 7.21. The van der Waals surface area contributed by atoms with Crippen molar-refractivity contribution in [1.29, 1.82) is 5.26 Å². The zero-order valence-corrected chi connectivity index (χ0v) is 17.7. The maximum Gasteiger partial charge on any atom is 0.162 e. The molecule has 6 heteroatoms. The molecule has 0 amide bonds. The summed E-state index contributed by atoms with van der Waals surface area (Å²) in [6, 6.07) is 17.5. The van der Waals surface area contributed by atoms with E-state index in [-0.39, 0.29) is 12.4 Å². The second-order valence-corrected chi connectivity index (χ2v) is 7.20. The predicted octanol–water partition coefficient (Wildman–Crippen LogP) is 6.77. The van der Waals surface area contributed by atoms with Crippen LogP contribution in [0.1, 0.15) is 23.6 Å². The van der Waals surface area contributed by atoms with Crippen LogP contribution in [0, 0.1) is 23.0 Å². The molecule has 30 heavy (non-hydrogen) atoms. The van der Waals surface area contributed by atoms with Gasteiger partial charge in [-0.3, -0.25) is 0 Å². The highest BCUT2D eigenvalue weighted by atomic mass is 79.9. The average Bonchev–Trinajstić information content (AvgIpc) is 2.74. The Hall–Kier alpha value is -3.17. The third-order valence-corrected chi connectivity index (χ3v) is 4.91. The zero-order valence-electron chi connectivity index (χ0n) is 16.2. The summed E-state index contributed by atoms with van der Waals surface area (Å²) in [5.74, 6) is 0.298. The minimum atomic E-state index is -0.410. The molecule has 3 nitrogen and oxygen atoms in total. The van der Waals surface area contributed by atoms with Crippen LogP contribution < -0.4 is 9.47 Å². The van der Waals surface area contributed by atoms with Crippen molar-refractivity contribution >= 4 is 27.6 Å². The summed E-state index contributed by atoms with van der Waals surface area (Å²) in [6.07, 6.45) is 1.66. The first kappa shape index (κ1) is 21.5. The fourth-order valence-electron chi connectivity index (χ4n) is 2.78. The number of nitrogens with zero attached hydrogens (tertiary/aromatic N) is 1. The van der Waals surface area contributed by atoms with Gasteiger partial charge in [0.25, 0.3) is 0 Å². The Morgan fingerprint density at radius 2 is 1.73 bits per heavy atom. The number of hydrogen-bond acceptors (Lipinski definition) is 3. The summed E-state index contributed by atoms with van der Waals surface area (Å²) in [4.78, 5) is 0. The van der Waals surface area contributed by atoms with Crippen molar-refractivity contribution in [3.63, 3.8) is 0 Å². The van der Waals surface area contributed by atoms with Gasteiger partial charge in [0, 0.05) is 4.47 Å². The van der Waals surface area contributed by atoms with Gasteiger partial charge in [-0.15, -0.1) is 0 Å². The van der Waals surface area contributed by atoms with Crippen molar-refractivity contribution in [2.24, 2.45) is 0 Å². The molecule has 0 radical (unpaired) electrons. The van der Waals surface area contributed by atoms with Gasteiger partial charge in [0.1, 0.15) is 18.2 Å². The van der Waals surface area contributed by atoms with E-state index in [1.807, 2.05) is 6.92 Å². The molecule has 0 saturated heterocycles. The average molecular weight is 470 g/mol. The van der Waals surface area contributed by atoms with Gasteiger partial charge in [0.15, 0.2) is 11.5 Å². The summed E-state index contributed by atoms with van der Waals surface area (Å²) in [5, 5.41) is 9.54. The molecular weight excluding hydrogens is 452 g/mol. The highest BCUT2D eigenvalue weighted by Gasteiger charge is 2.12. The Morgan fingerprint density at radius 1 is 1.00 bits per heavy atom.